The minimum absolute atomic E-state index is 0.0278. The van der Waals surface area contributed by atoms with Crippen LogP contribution in [0.2, 0.25) is 0 Å². The molecule has 166 valence electrons. The first-order valence-corrected chi connectivity index (χ1v) is 10.6. The predicted octanol–water partition coefficient (Wildman–Crippen LogP) is 2.67. The van der Waals surface area contributed by atoms with E-state index < -0.39 is 6.04 Å². The number of rotatable bonds is 9. The molecule has 31 heavy (non-hydrogen) atoms. The van der Waals surface area contributed by atoms with E-state index in [9.17, 15) is 14.4 Å². The van der Waals surface area contributed by atoms with E-state index in [4.69, 9.17) is 9.15 Å². The van der Waals surface area contributed by atoms with E-state index in [0.717, 1.165) is 31.5 Å². The van der Waals surface area contributed by atoms with Crippen molar-refractivity contribution in [1.82, 2.24) is 15.5 Å². The molecule has 0 radical (unpaired) electrons. The molecule has 2 unspecified atom stereocenters. The number of nitrogens with one attached hydrogen (secondary N) is 2. The monoisotopic (exact) mass is 427 g/mol. The predicted molar refractivity (Wildman–Crippen MR) is 115 cm³/mol. The molecule has 8 nitrogen and oxygen atoms in total. The summed E-state index contributed by atoms with van der Waals surface area (Å²) in [6, 6.07) is 7.85. The van der Waals surface area contributed by atoms with E-state index >= 15 is 0 Å². The number of hydrogen-bond acceptors (Lipinski definition) is 5. The molecule has 1 aliphatic heterocycles. The molecule has 1 saturated heterocycles. The summed E-state index contributed by atoms with van der Waals surface area (Å²) < 4.78 is 10.7. The van der Waals surface area contributed by atoms with Gasteiger partial charge in [-0.15, -0.1) is 0 Å². The van der Waals surface area contributed by atoms with Gasteiger partial charge in [-0.1, -0.05) is 25.1 Å². The van der Waals surface area contributed by atoms with Crippen molar-refractivity contribution in [3.63, 3.8) is 0 Å². The van der Waals surface area contributed by atoms with Crippen LogP contribution < -0.4 is 15.4 Å². The Kier molecular flexibility index (Phi) is 7.70. The molecule has 8 heteroatoms. The third kappa shape index (κ3) is 5.87. The maximum Gasteiger partial charge on any atom is 0.260 e. The molecule has 0 spiro atoms. The molecule has 1 fully saturated rings. The molecule has 2 atom stereocenters. The van der Waals surface area contributed by atoms with E-state index in [1.807, 2.05) is 30.0 Å². The van der Waals surface area contributed by atoms with Crippen molar-refractivity contribution < 1.29 is 23.5 Å². The highest BCUT2D eigenvalue weighted by atomic mass is 16.5. The van der Waals surface area contributed by atoms with Crippen molar-refractivity contribution in [3.8, 4) is 5.75 Å². The number of likely N-dealkylation sites (tertiary alicyclic amines) is 1. The van der Waals surface area contributed by atoms with Gasteiger partial charge in [-0.3, -0.25) is 14.4 Å². The van der Waals surface area contributed by atoms with Gasteiger partial charge in [0, 0.05) is 18.7 Å². The number of amides is 3. The van der Waals surface area contributed by atoms with Crippen LogP contribution in [0.5, 0.6) is 5.75 Å². The molecule has 1 aromatic carbocycles. The molecule has 0 saturated carbocycles. The smallest absolute Gasteiger partial charge is 0.260 e. The molecular formula is C23H29N3O5. The van der Waals surface area contributed by atoms with Gasteiger partial charge in [-0.05, 0) is 38.3 Å². The number of furan rings is 1. The van der Waals surface area contributed by atoms with Crippen LogP contribution in [0.4, 0.5) is 0 Å². The van der Waals surface area contributed by atoms with Crippen LogP contribution in [0.25, 0.3) is 0 Å². The minimum atomic E-state index is -0.735. The zero-order valence-corrected chi connectivity index (χ0v) is 17.9. The van der Waals surface area contributed by atoms with Crippen LogP contribution in [-0.2, 0) is 9.59 Å². The second-order valence-corrected chi connectivity index (χ2v) is 7.59. The SMILES string of the molecule is CCC(NC(=O)C(C)NC(=O)c1ccoc1)c1ccccc1OCC(=O)N1CCCC1. The zero-order chi connectivity index (χ0) is 22.2. The molecule has 3 amide bonds. The van der Waals surface area contributed by atoms with E-state index in [1.54, 1.807) is 13.0 Å². The van der Waals surface area contributed by atoms with E-state index in [-0.39, 0.29) is 30.4 Å². The average Bonchev–Trinajstić information content (AvgIpc) is 3.50. The second-order valence-electron chi connectivity index (χ2n) is 7.59. The van der Waals surface area contributed by atoms with Crippen molar-refractivity contribution >= 4 is 17.7 Å². The number of hydrogen-bond donors (Lipinski definition) is 2. The average molecular weight is 428 g/mol. The highest BCUT2D eigenvalue weighted by Gasteiger charge is 2.23. The highest BCUT2D eigenvalue weighted by molar-refractivity contribution is 5.97. The zero-order valence-electron chi connectivity index (χ0n) is 17.9. The normalized spacial score (nSPS) is 15.2. The molecule has 2 aromatic rings. The lowest BCUT2D eigenvalue weighted by atomic mass is 10.0. The summed E-state index contributed by atoms with van der Waals surface area (Å²) in [5.41, 5.74) is 1.15. The van der Waals surface area contributed by atoms with Gasteiger partial charge in [-0.25, -0.2) is 0 Å². The van der Waals surface area contributed by atoms with Gasteiger partial charge in [0.25, 0.3) is 11.8 Å². The van der Waals surface area contributed by atoms with Gasteiger partial charge in [-0.2, -0.15) is 0 Å². The lowest BCUT2D eigenvalue weighted by molar-refractivity contribution is -0.132. The maximum absolute atomic E-state index is 12.7. The molecule has 2 N–H and O–H groups in total. The molecule has 1 aliphatic rings. The Balaban J connectivity index is 1.61. The van der Waals surface area contributed by atoms with Crippen molar-refractivity contribution in [3.05, 3.63) is 54.0 Å². The Hall–Kier alpha value is -3.29. The fraction of sp³-hybridized carbons (Fsp3) is 0.435. The summed E-state index contributed by atoms with van der Waals surface area (Å²) in [5, 5.41) is 5.62. The number of carbonyl (C=O) groups excluding carboxylic acids is 3. The maximum atomic E-state index is 12.7. The van der Waals surface area contributed by atoms with E-state index in [0.29, 0.717) is 17.7 Å². The summed E-state index contributed by atoms with van der Waals surface area (Å²) >= 11 is 0. The summed E-state index contributed by atoms with van der Waals surface area (Å²) in [6.07, 6.45) is 5.40. The van der Waals surface area contributed by atoms with Crippen molar-refractivity contribution in [2.75, 3.05) is 19.7 Å². The quantitative estimate of drug-likeness (QED) is 0.641. The molecule has 3 rings (SSSR count). The molecule has 2 heterocycles. The van der Waals surface area contributed by atoms with Crippen LogP contribution in [0.1, 0.15) is 55.1 Å². The van der Waals surface area contributed by atoms with Gasteiger partial charge in [0.05, 0.1) is 17.9 Å². The van der Waals surface area contributed by atoms with Crippen LogP contribution in [0, 0.1) is 0 Å². The Labute approximate surface area is 181 Å². The second kappa shape index (κ2) is 10.7. The number of carbonyl (C=O) groups is 3. The number of nitrogens with zero attached hydrogens (tertiary/aromatic N) is 1. The summed E-state index contributed by atoms with van der Waals surface area (Å²) in [6.45, 7) is 5.10. The van der Waals surface area contributed by atoms with Crippen LogP contribution >= 0.6 is 0 Å². The van der Waals surface area contributed by atoms with Gasteiger partial charge < -0.3 is 24.7 Å². The van der Waals surface area contributed by atoms with Gasteiger partial charge >= 0.3 is 0 Å². The Morgan fingerprint density at radius 3 is 2.55 bits per heavy atom. The molecule has 0 bridgehead atoms. The Morgan fingerprint density at radius 1 is 1.13 bits per heavy atom. The third-order valence-electron chi connectivity index (χ3n) is 5.35. The van der Waals surface area contributed by atoms with Gasteiger partial charge in [0.15, 0.2) is 6.61 Å². The third-order valence-corrected chi connectivity index (χ3v) is 5.35. The lowest BCUT2D eigenvalue weighted by Gasteiger charge is -2.23. The number of benzene rings is 1. The fourth-order valence-electron chi connectivity index (χ4n) is 3.53. The Bertz CT molecular complexity index is 890. The fourth-order valence-corrected chi connectivity index (χ4v) is 3.53. The molecular weight excluding hydrogens is 398 g/mol. The largest absolute Gasteiger partial charge is 0.483 e. The van der Waals surface area contributed by atoms with E-state index in [1.165, 1.54) is 18.6 Å². The lowest BCUT2D eigenvalue weighted by Crippen LogP contribution is -2.45. The first kappa shape index (κ1) is 22.4. The van der Waals surface area contributed by atoms with E-state index in [2.05, 4.69) is 10.6 Å². The summed E-state index contributed by atoms with van der Waals surface area (Å²) in [7, 11) is 0. The van der Waals surface area contributed by atoms with Crippen LogP contribution in [0.15, 0.2) is 47.3 Å². The highest BCUT2D eigenvalue weighted by Crippen LogP contribution is 2.27. The first-order valence-electron chi connectivity index (χ1n) is 10.6. The van der Waals surface area contributed by atoms with Crippen LogP contribution in [0.3, 0.4) is 0 Å². The first-order chi connectivity index (χ1) is 15.0. The number of ether oxygens (including phenoxy) is 1. The topological polar surface area (TPSA) is 101 Å². The Morgan fingerprint density at radius 2 is 1.87 bits per heavy atom. The van der Waals surface area contributed by atoms with Crippen molar-refractivity contribution in [1.29, 1.82) is 0 Å². The minimum Gasteiger partial charge on any atom is -0.483 e. The van der Waals surface area contributed by atoms with Gasteiger partial charge in [0.1, 0.15) is 18.1 Å². The van der Waals surface area contributed by atoms with Crippen LogP contribution in [-0.4, -0.2) is 48.4 Å². The molecule has 0 aliphatic carbocycles. The number of para-hydroxylation sites is 1. The summed E-state index contributed by atoms with van der Waals surface area (Å²) in [4.78, 5) is 39.0. The van der Waals surface area contributed by atoms with Crippen molar-refractivity contribution in [2.24, 2.45) is 0 Å². The standard InChI is InChI=1S/C23H29N3O5/c1-3-19(25-22(28)16(2)24-23(29)17-10-13-30-14-17)18-8-4-5-9-20(18)31-15-21(27)26-11-6-7-12-26/h4-5,8-10,13-14,16,19H,3,6-7,11-12,15H2,1-2H3,(H,24,29)(H,25,28). The molecule has 1 aromatic heterocycles. The summed E-state index contributed by atoms with van der Waals surface area (Å²) in [5.74, 6) is -0.155. The van der Waals surface area contributed by atoms with Gasteiger partial charge in [0.2, 0.25) is 5.91 Å². The van der Waals surface area contributed by atoms with Crippen molar-refractivity contribution in [2.45, 2.75) is 45.2 Å².